The lowest BCUT2D eigenvalue weighted by Crippen LogP contribution is -2.10. The van der Waals surface area contributed by atoms with Crippen LogP contribution >= 0.6 is 0 Å². The van der Waals surface area contributed by atoms with Gasteiger partial charge in [0.15, 0.2) is 0 Å². The highest BCUT2D eigenvalue weighted by Crippen LogP contribution is 2.26. The maximum atomic E-state index is 10.8. The van der Waals surface area contributed by atoms with Gasteiger partial charge in [-0.05, 0) is 37.9 Å². The number of rotatable bonds is 5. The lowest BCUT2D eigenvalue weighted by molar-refractivity contribution is 0.0652. The molecular formula is C14H16N2O4. The summed E-state index contributed by atoms with van der Waals surface area (Å²) in [5.41, 5.74) is 2.28. The van der Waals surface area contributed by atoms with Crippen LogP contribution in [0.2, 0.25) is 0 Å². The summed E-state index contributed by atoms with van der Waals surface area (Å²) in [6, 6.07) is 7.06. The minimum atomic E-state index is -1.14. The molecule has 0 saturated carbocycles. The van der Waals surface area contributed by atoms with Crippen molar-refractivity contribution in [3.05, 3.63) is 35.6 Å². The molecule has 20 heavy (non-hydrogen) atoms. The third-order valence-electron chi connectivity index (χ3n) is 2.72. The molecule has 0 amide bonds. The second kappa shape index (κ2) is 5.75. The van der Waals surface area contributed by atoms with Crippen molar-refractivity contribution in [2.45, 2.75) is 6.54 Å². The molecule has 0 bridgehead atoms. The smallest absolute Gasteiger partial charge is 0.374 e. The van der Waals surface area contributed by atoms with Crippen LogP contribution in [0.15, 0.2) is 28.8 Å². The van der Waals surface area contributed by atoms with E-state index in [1.807, 2.05) is 31.1 Å². The molecule has 0 radical (unpaired) electrons. The average Bonchev–Trinajstić information content (AvgIpc) is 2.87. The summed E-state index contributed by atoms with van der Waals surface area (Å²) in [4.78, 5) is 12.8. The summed E-state index contributed by atoms with van der Waals surface area (Å²) in [6.45, 7) is 0.744. The number of aromatic nitrogens is 1. The number of nitrogens with zero attached hydrogens (tertiary/aromatic N) is 2. The van der Waals surface area contributed by atoms with Crippen LogP contribution in [0.1, 0.15) is 16.1 Å². The molecule has 1 aromatic carbocycles. The van der Waals surface area contributed by atoms with Gasteiger partial charge in [-0.1, -0.05) is 5.16 Å². The Morgan fingerprint density at radius 1 is 1.35 bits per heavy atom. The fourth-order valence-electron chi connectivity index (χ4n) is 1.89. The molecule has 6 nitrogen and oxygen atoms in total. The molecular weight excluding hydrogens is 260 g/mol. The highest BCUT2D eigenvalue weighted by atomic mass is 16.5. The Morgan fingerprint density at radius 2 is 2.10 bits per heavy atom. The van der Waals surface area contributed by atoms with Gasteiger partial charge in [0, 0.05) is 18.2 Å². The Bertz CT molecular complexity index is 619. The van der Waals surface area contributed by atoms with E-state index in [0.717, 1.165) is 17.7 Å². The zero-order valence-corrected chi connectivity index (χ0v) is 11.6. The Morgan fingerprint density at radius 3 is 2.65 bits per heavy atom. The normalized spacial score (nSPS) is 10.8. The van der Waals surface area contributed by atoms with Crippen molar-refractivity contribution >= 4 is 5.97 Å². The van der Waals surface area contributed by atoms with Crippen LogP contribution in [0.3, 0.4) is 0 Å². The lowest BCUT2D eigenvalue weighted by Gasteiger charge is -2.12. The lowest BCUT2D eigenvalue weighted by atomic mass is 10.1. The molecule has 0 aliphatic heterocycles. The number of hydrogen-bond acceptors (Lipinski definition) is 5. The van der Waals surface area contributed by atoms with Crippen LogP contribution in [0.25, 0.3) is 11.3 Å². The van der Waals surface area contributed by atoms with Crippen molar-refractivity contribution in [2.24, 2.45) is 0 Å². The number of ether oxygens (including phenoxy) is 1. The van der Waals surface area contributed by atoms with Crippen molar-refractivity contribution < 1.29 is 19.2 Å². The van der Waals surface area contributed by atoms with Gasteiger partial charge in [-0.25, -0.2) is 4.79 Å². The van der Waals surface area contributed by atoms with Crippen molar-refractivity contribution in [1.29, 1.82) is 0 Å². The van der Waals surface area contributed by atoms with E-state index in [1.165, 1.54) is 6.07 Å². The van der Waals surface area contributed by atoms with Gasteiger partial charge < -0.3 is 19.3 Å². The number of methoxy groups -OCH3 is 1. The molecule has 2 rings (SSSR count). The summed E-state index contributed by atoms with van der Waals surface area (Å²) in [7, 11) is 5.53. The van der Waals surface area contributed by atoms with E-state index in [-0.39, 0.29) is 5.76 Å². The number of carboxylic acid groups (broad SMARTS) is 1. The third kappa shape index (κ3) is 3.16. The molecule has 106 valence electrons. The van der Waals surface area contributed by atoms with Crippen LogP contribution < -0.4 is 4.74 Å². The van der Waals surface area contributed by atoms with E-state index < -0.39 is 5.97 Å². The van der Waals surface area contributed by atoms with Crippen LogP contribution in [-0.4, -0.2) is 42.3 Å². The van der Waals surface area contributed by atoms with E-state index >= 15 is 0 Å². The van der Waals surface area contributed by atoms with Crippen LogP contribution in [-0.2, 0) is 6.54 Å². The molecule has 1 aromatic heterocycles. The van der Waals surface area contributed by atoms with E-state index in [0.29, 0.717) is 11.4 Å². The first-order chi connectivity index (χ1) is 9.49. The molecule has 0 atom stereocenters. The summed E-state index contributed by atoms with van der Waals surface area (Å²) >= 11 is 0. The van der Waals surface area contributed by atoms with Crippen molar-refractivity contribution in [2.75, 3.05) is 21.2 Å². The van der Waals surface area contributed by atoms with Crippen molar-refractivity contribution in [3.8, 4) is 17.0 Å². The predicted molar refractivity (Wildman–Crippen MR) is 72.8 cm³/mol. The quantitative estimate of drug-likeness (QED) is 0.901. The molecule has 6 heteroatoms. The maximum absolute atomic E-state index is 10.8. The maximum Gasteiger partial charge on any atom is 0.374 e. The van der Waals surface area contributed by atoms with Gasteiger partial charge in [0.2, 0.25) is 5.76 Å². The van der Waals surface area contributed by atoms with Gasteiger partial charge in [-0.3, -0.25) is 0 Å². The first-order valence-electron chi connectivity index (χ1n) is 6.02. The van der Waals surface area contributed by atoms with E-state index in [2.05, 4.69) is 5.16 Å². The molecule has 0 aliphatic carbocycles. The monoisotopic (exact) mass is 276 g/mol. The first-order valence-corrected chi connectivity index (χ1v) is 6.02. The topological polar surface area (TPSA) is 75.8 Å². The average molecular weight is 276 g/mol. The van der Waals surface area contributed by atoms with Gasteiger partial charge in [0.05, 0.1) is 7.11 Å². The molecule has 2 aromatic rings. The minimum absolute atomic E-state index is 0.183. The predicted octanol–water partition coefficient (Wildman–Crippen LogP) is 2.11. The van der Waals surface area contributed by atoms with Gasteiger partial charge in [-0.2, -0.15) is 0 Å². The van der Waals surface area contributed by atoms with Gasteiger partial charge in [0.1, 0.15) is 11.4 Å². The number of hydrogen-bond donors (Lipinski definition) is 1. The summed E-state index contributed by atoms with van der Waals surface area (Å²) in [6.07, 6.45) is 0. The number of carboxylic acids is 1. The van der Waals surface area contributed by atoms with E-state index in [4.69, 9.17) is 14.4 Å². The van der Waals surface area contributed by atoms with Crippen molar-refractivity contribution in [1.82, 2.24) is 10.1 Å². The minimum Gasteiger partial charge on any atom is -0.497 e. The zero-order valence-electron chi connectivity index (χ0n) is 11.6. The zero-order chi connectivity index (χ0) is 14.7. The SMILES string of the molecule is COc1cc(CN(C)C)cc(-c2cc(C(=O)O)on2)c1. The molecule has 1 N–H and O–H groups in total. The second-order valence-electron chi connectivity index (χ2n) is 4.69. The Kier molecular flexibility index (Phi) is 4.05. The highest BCUT2D eigenvalue weighted by molar-refractivity contribution is 5.85. The fourth-order valence-corrected chi connectivity index (χ4v) is 1.89. The largest absolute Gasteiger partial charge is 0.497 e. The molecule has 0 unspecified atom stereocenters. The Balaban J connectivity index is 2.40. The second-order valence-corrected chi connectivity index (χ2v) is 4.69. The molecule has 0 spiro atoms. The molecule has 0 saturated heterocycles. The molecule has 0 aliphatic rings. The van der Waals surface area contributed by atoms with Gasteiger partial charge in [0.25, 0.3) is 0 Å². The fraction of sp³-hybridized carbons (Fsp3) is 0.286. The van der Waals surface area contributed by atoms with Crippen LogP contribution in [0.4, 0.5) is 0 Å². The van der Waals surface area contributed by atoms with Crippen LogP contribution in [0, 0.1) is 0 Å². The summed E-state index contributed by atoms with van der Waals surface area (Å²) in [5.74, 6) is -0.628. The van der Waals surface area contributed by atoms with Gasteiger partial charge in [-0.15, -0.1) is 0 Å². The molecule has 0 fully saturated rings. The Labute approximate surface area is 116 Å². The summed E-state index contributed by atoms with van der Waals surface area (Å²) in [5, 5.41) is 12.6. The summed E-state index contributed by atoms with van der Waals surface area (Å²) < 4.78 is 10.0. The first kappa shape index (κ1) is 14.1. The number of carbonyl (C=O) groups is 1. The third-order valence-corrected chi connectivity index (χ3v) is 2.72. The van der Waals surface area contributed by atoms with Crippen LogP contribution in [0.5, 0.6) is 5.75 Å². The Hall–Kier alpha value is -2.34. The van der Waals surface area contributed by atoms with Crippen molar-refractivity contribution in [3.63, 3.8) is 0 Å². The number of benzene rings is 1. The standard InChI is InChI=1S/C14H16N2O4/c1-16(2)8-9-4-10(6-11(5-9)19-3)12-7-13(14(17)18)20-15-12/h4-7H,8H2,1-3H3,(H,17,18). The molecule has 1 heterocycles. The van der Waals surface area contributed by atoms with E-state index in [1.54, 1.807) is 13.2 Å². The van der Waals surface area contributed by atoms with E-state index in [9.17, 15) is 4.79 Å². The highest BCUT2D eigenvalue weighted by Gasteiger charge is 2.13. The number of aromatic carboxylic acids is 1. The van der Waals surface area contributed by atoms with Gasteiger partial charge >= 0.3 is 5.97 Å².